The zero-order valence-electron chi connectivity index (χ0n) is 9.41. The van der Waals surface area contributed by atoms with Gasteiger partial charge in [-0.25, -0.2) is 0 Å². The molecule has 0 aromatic heterocycles. The molecule has 1 aliphatic heterocycles. The Morgan fingerprint density at radius 3 is 2.67 bits per heavy atom. The van der Waals surface area contributed by atoms with Crippen LogP contribution in [0.4, 0.5) is 0 Å². The first-order valence-electron chi connectivity index (χ1n) is 6.13. The van der Waals surface area contributed by atoms with Gasteiger partial charge in [0.25, 0.3) is 0 Å². The third-order valence-electron chi connectivity index (χ3n) is 2.89. The number of aliphatic hydroxyl groups excluding tert-OH is 1. The maximum absolute atomic E-state index is 11.0. The van der Waals surface area contributed by atoms with E-state index in [0.29, 0.717) is 13.0 Å². The molecule has 15 heavy (non-hydrogen) atoms. The van der Waals surface area contributed by atoms with E-state index in [0.717, 1.165) is 38.5 Å². The SMILES string of the molecule is O=C1CCCC(CCCCCCCO)O1. The molecule has 1 rings (SSSR count). The molecular weight excluding hydrogens is 192 g/mol. The third-order valence-corrected chi connectivity index (χ3v) is 2.89. The second-order valence-corrected chi connectivity index (χ2v) is 4.28. The van der Waals surface area contributed by atoms with Gasteiger partial charge in [-0.1, -0.05) is 19.3 Å². The molecule has 1 atom stereocenters. The second-order valence-electron chi connectivity index (χ2n) is 4.28. The van der Waals surface area contributed by atoms with Crippen molar-refractivity contribution in [2.75, 3.05) is 6.61 Å². The number of hydrogen-bond donors (Lipinski definition) is 1. The van der Waals surface area contributed by atoms with Crippen molar-refractivity contribution in [2.24, 2.45) is 0 Å². The molecule has 0 aromatic rings. The monoisotopic (exact) mass is 214 g/mol. The Kier molecular flexibility index (Phi) is 6.41. The van der Waals surface area contributed by atoms with Crippen molar-refractivity contribution in [3.63, 3.8) is 0 Å². The third kappa shape index (κ3) is 5.78. The molecule has 0 amide bonds. The lowest BCUT2D eigenvalue weighted by molar-refractivity contribution is -0.154. The number of aliphatic hydroxyl groups is 1. The highest BCUT2D eigenvalue weighted by molar-refractivity contribution is 5.70. The number of carbonyl (C=O) groups excluding carboxylic acids is 1. The number of hydrogen-bond acceptors (Lipinski definition) is 3. The predicted molar refractivity (Wildman–Crippen MR) is 58.5 cm³/mol. The van der Waals surface area contributed by atoms with E-state index in [-0.39, 0.29) is 12.1 Å². The number of ether oxygens (including phenoxy) is 1. The van der Waals surface area contributed by atoms with E-state index in [1.54, 1.807) is 0 Å². The van der Waals surface area contributed by atoms with E-state index in [1.807, 2.05) is 0 Å². The quantitative estimate of drug-likeness (QED) is 0.523. The molecule has 1 fully saturated rings. The molecule has 1 saturated heterocycles. The average Bonchev–Trinajstić information content (AvgIpc) is 2.23. The minimum atomic E-state index is -0.0217. The van der Waals surface area contributed by atoms with Crippen LogP contribution in [-0.2, 0) is 9.53 Å². The molecule has 0 radical (unpaired) electrons. The fourth-order valence-electron chi connectivity index (χ4n) is 2.00. The van der Waals surface area contributed by atoms with Crippen molar-refractivity contribution >= 4 is 5.97 Å². The summed E-state index contributed by atoms with van der Waals surface area (Å²) in [6.07, 6.45) is 9.39. The number of rotatable bonds is 7. The molecule has 0 aliphatic carbocycles. The topological polar surface area (TPSA) is 46.5 Å². The summed E-state index contributed by atoms with van der Waals surface area (Å²) in [4.78, 5) is 11.0. The molecule has 3 heteroatoms. The highest BCUT2D eigenvalue weighted by Gasteiger charge is 2.19. The summed E-state index contributed by atoms with van der Waals surface area (Å²) in [5.41, 5.74) is 0. The summed E-state index contributed by atoms with van der Waals surface area (Å²) in [6, 6.07) is 0. The van der Waals surface area contributed by atoms with Crippen LogP contribution in [0.3, 0.4) is 0 Å². The summed E-state index contributed by atoms with van der Waals surface area (Å²) in [6.45, 7) is 0.306. The zero-order chi connectivity index (χ0) is 10.9. The first-order chi connectivity index (χ1) is 7.33. The maximum atomic E-state index is 11.0. The molecule has 0 bridgehead atoms. The van der Waals surface area contributed by atoms with Gasteiger partial charge < -0.3 is 9.84 Å². The van der Waals surface area contributed by atoms with Crippen LogP contribution in [0.1, 0.15) is 57.8 Å². The van der Waals surface area contributed by atoms with Gasteiger partial charge in [0, 0.05) is 13.0 Å². The molecule has 88 valence electrons. The number of cyclic esters (lactones) is 1. The second kappa shape index (κ2) is 7.69. The molecule has 1 aliphatic rings. The van der Waals surface area contributed by atoms with Gasteiger partial charge in [-0.15, -0.1) is 0 Å². The van der Waals surface area contributed by atoms with Crippen molar-refractivity contribution in [3.8, 4) is 0 Å². The van der Waals surface area contributed by atoms with Crippen LogP contribution in [0.5, 0.6) is 0 Å². The van der Waals surface area contributed by atoms with E-state index >= 15 is 0 Å². The molecule has 1 unspecified atom stereocenters. The van der Waals surface area contributed by atoms with Crippen molar-refractivity contribution in [3.05, 3.63) is 0 Å². The lowest BCUT2D eigenvalue weighted by Gasteiger charge is -2.21. The summed E-state index contributed by atoms with van der Waals surface area (Å²) >= 11 is 0. The van der Waals surface area contributed by atoms with Crippen LogP contribution in [0.25, 0.3) is 0 Å². The van der Waals surface area contributed by atoms with Crippen LogP contribution in [0, 0.1) is 0 Å². The molecule has 0 saturated carbocycles. The Morgan fingerprint density at radius 2 is 1.93 bits per heavy atom. The van der Waals surface area contributed by atoms with Crippen molar-refractivity contribution in [1.82, 2.24) is 0 Å². The Hall–Kier alpha value is -0.570. The molecule has 0 spiro atoms. The average molecular weight is 214 g/mol. The van der Waals surface area contributed by atoms with Gasteiger partial charge in [-0.2, -0.15) is 0 Å². The van der Waals surface area contributed by atoms with Gasteiger partial charge in [0.1, 0.15) is 6.10 Å². The van der Waals surface area contributed by atoms with Crippen LogP contribution in [-0.4, -0.2) is 23.8 Å². The van der Waals surface area contributed by atoms with Crippen LogP contribution in [0.15, 0.2) is 0 Å². The minimum Gasteiger partial charge on any atom is -0.462 e. The fourth-order valence-corrected chi connectivity index (χ4v) is 2.00. The Morgan fingerprint density at radius 1 is 1.20 bits per heavy atom. The smallest absolute Gasteiger partial charge is 0.306 e. The molecular formula is C12H22O3. The molecule has 1 heterocycles. The molecule has 1 N–H and O–H groups in total. The van der Waals surface area contributed by atoms with Gasteiger partial charge in [0.05, 0.1) is 0 Å². The lowest BCUT2D eigenvalue weighted by atomic mass is 10.0. The van der Waals surface area contributed by atoms with Gasteiger partial charge in [-0.05, 0) is 32.1 Å². The zero-order valence-corrected chi connectivity index (χ0v) is 9.41. The highest BCUT2D eigenvalue weighted by atomic mass is 16.5. The van der Waals surface area contributed by atoms with Crippen molar-refractivity contribution in [1.29, 1.82) is 0 Å². The lowest BCUT2D eigenvalue weighted by Crippen LogP contribution is -2.23. The van der Waals surface area contributed by atoms with E-state index in [4.69, 9.17) is 9.84 Å². The van der Waals surface area contributed by atoms with Crippen molar-refractivity contribution in [2.45, 2.75) is 63.9 Å². The molecule has 3 nitrogen and oxygen atoms in total. The number of unbranched alkanes of at least 4 members (excludes halogenated alkanes) is 4. The van der Waals surface area contributed by atoms with E-state index < -0.39 is 0 Å². The van der Waals surface area contributed by atoms with Gasteiger partial charge in [-0.3, -0.25) is 4.79 Å². The van der Waals surface area contributed by atoms with Gasteiger partial charge >= 0.3 is 5.97 Å². The Labute approximate surface area is 91.8 Å². The summed E-state index contributed by atoms with van der Waals surface area (Å²) in [5, 5.41) is 8.60. The Balaban J connectivity index is 1.92. The molecule has 0 aromatic carbocycles. The van der Waals surface area contributed by atoms with Crippen LogP contribution in [0.2, 0.25) is 0 Å². The first-order valence-corrected chi connectivity index (χ1v) is 6.13. The van der Waals surface area contributed by atoms with E-state index in [9.17, 15) is 4.79 Å². The minimum absolute atomic E-state index is 0.0217. The number of esters is 1. The Bertz CT molecular complexity index is 180. The summed E-state index contributed by atoms with van der Waals surface area (Å²) < 4.78 is 5.24. The van der Waals surface area contributed by atoms with E-state index in [1.165, 1.54) is 12.8 Å². The van der Waals surface area contributed by atoms with Gasteiger partial charge in [0.15, 0.2) is 0 Å². The normalized spacial score (nSPS) is 21.4. The van der Waals surface area contributed by atoms with Gasteiger partial charge in [0.2, 0.25) is 0 Å². The maximum Gasteiger partial charge on any atom is 0.306 e. The summed E-state index contributed by atoms with van der Waals surface area (Å²) in [7, 11) is 0. The number of carbonyl (C=O) groups is 1. The summed E-state index contributed by atoms with van der Waals surface area (Å²) in [5.74, 6) is -0.0217. The van der Waals surface area contributed by atoms with E-state index in [2.05, 4.69) is 0 Å². The standard InChI is InChI=1S/C12H22O3/c13-10-5-3-1-2-4-7-11-8-6-9-12(14)15-11/h11,13H,1-10H2. The predicted octanol–water partition coefficient (Wildman–Crippen LogP) is 2.42. The highest BCUT2D eigenvalue weighted by Crippen LogP contribution is 2.19. The van der Waals surface area contributed by atoms with Crippen LogP contribution >= 0.6 is 0 Å². The largest absolute Gasteiger partial charge is 0.462 e. The first kappa shape index (κ1) is 12.5. The van der Waals surface area contributed by atoms with Crippen LogP contribution < -0.4 is 0 Å². The fraction of sp³-hybridized carbons (Fsp3) is 0.917. The van der Waals surface area contributed by atoms with Crippen molar-refractivity contribution < 1.29 is 14.6 Å².